The molecule has 0 saturated heterocycles. The van der Waals surface area contributed by atoms with Gasteiger partial charge in [0.05, 0.1) is 5.38 Å². The predicted molar refractivity (Wildman–Crippen MR) is 90.1 cm³/mol. The Kier molecular flexibility index (Phi) is 5.10. The Morgan fingerprint density at radius 1 is 0.789 bits per heavy atom. The van der Waals surface area contributed by atoms with Crippen LogP contribution in [0.5, 0.6) is 0 Å². The third-order valence-corrected chi connectivity index (χ3v) is 4.49. The molecule has 0 aliphatic carbocycles. The van der Waals surface area contributed by atoms with Crippen LogP contribution in [0.1, 0.15) is 41.8 Å². The maximum atomic E-state index is 6.57. The van der Waals surface area contributed by atoms with Gasteiger partial charge in [0.15, 0.2) is 0 Å². The Labute approximate surface area is 136 Å². The first-order valence-corrected chi connectivity index (χ1v) is 8.19. The molecule has 0 amide bonds. The highest BCUT2D eigenvalue weighted by Gasteiger charge is 2.12. The fraction of sp³-hybridized carbons (Fsp3) is 0.250. The van der Waals surface area contributed by atoms with Crippen LogP contribution in [0.3, 0.4) is 0 Å². The zero-order valence-electron chi connectivity index (χ0n) is 10.8. The summed E-state index contributed by atoms with van der Waals surface area (Å²) in [4.78, 5) is 0. The van der Waals surface area contributed by atoms with E-state index in [1.165, 1.54) is 5.56 Å². The fourth-order valence-corrected chi connectivity index (χ4v) is 3.56. The second kappa shape index (κ2) is 6.43. The third-order valence-electron chi connectivity index (χ3n) is 3.07. The number of alkyl halides is 1. The summed E-state index contributed by atoms with van der Waals surface area (Å²) >= 11 is 13.6. The van der Waals surface area contributed by atoms with E-state index in [1.807, 2.05) is 6.07 Å². The topological polar surface area (TPSA) is 0 Å². The monoisotopic (exact) mass is 400 g/mol. The van der Waals surface area contributed by atoms with Crippen molar-refractivity contribution in [1.29, 1.82) is 0 Å². The molecule has 0 heterocycles. The van der Waals surface area contributed by atoms with Crippen molar-refractivity contribution in [1.82, 2.24) is 0 Å². The molecule has 0 spiro atoms. The fourth-order valence-electron chi connectivity index (χ4n) is 1.96. The highest BCUT2D eigenvalue weighted by Crippen LogP contribution is 2.33. The van der Waals surface area contributed by atoms with Crippen molar-refractivity contribution in [3.8, 4) is 0 Å². The normalized spacial score (nSPS) is 12.7. The molecule has 19 heavy (non-hydrogen) atoms. The van der Waals surface area contributed by atoms with Gasteiger partial charge in [-0.15, -0.1) is 11.6 Å². The SMILES string of the molecule is CC(C)c1ccc(C(Cl)c2cc(Br)cc(Br)c2)cc1. The van der Waals surface area contributed by atoms with Crippen molar-refractivity contribution in [3.05, 3.63) is 68.1 Å². The van der Waals surface area contributed by atoms with Gasteiger partial charge >= 0.3 is 0 Å². The second-order valence-corrected chi connectivity index (χ2v) is 7.15. The Hall–Kier alpha value is -0.310. The predicted octanol–water partition coefficient (Wildman–Crippen LogP) is 6.66. The minimum Gasteiger partial charge on any atom is -0.113 e. The molecule has 1 atom stereocenters. The zero-order chi connectivity index (χ0) is 14.0. The summed E-state index contributed by atoms with van der Waals surface area (Å²) in [5.74, 6) is 0.544. The van der Waals surface area contributed by atoms with Crippen molar-refractivity contribution in [2.24, 2.45) is 0 Å². The highest BCUT2D eigenvalue weighted by molar-refractivity contribution is 9.11. The maximum absolute atomic E-state index is 6.57. The lowest BCUT2D eigenvalue weighted by Crippen LogP contribution is -1.95. The molecule has 0 aliphatic rings. The molecule has 0 aromatic heterocycles. The second-order valence-electron chi connectivity index (χ2n) is 4.89. The number of halogens is 3. The van der Waals surface area contributed by atoms with Gasteiger partial charge in [-0.25, -0.2) is 0 Å². The molecule has 0 radical (unpaired) electrons. The Morgan fingerprint density at radius 3 is 1.74 bits per heavy atom. The quantitative estimate of drug-likeness (QED) is 0.503. The van der Waals surface area contributed by atoms with Crippen LogP contribution < -0.4 is 0 Å². The van der Waals surface area contributed by atoms with Crippen LogP contribution in [0.4, 0.5) is 0 Å². The van der Waals surface area contributed by atoms with Crippen LogP contribution in [-0.4, -0.2) is 0 Å². The lowest BCUT2D eigenvalue weighted by atomic mass is 9.98. The first kappa shape index (κ1) is 15.1. The number of hydrogen-bond acceptors (Lipinski definition) is 0. The average Bonchev–Trinajstić information content (AvgIpc) is 2.37. The van der Waals surface area contributed by atoms with Gasteiger partial charge in [0.25, 0.3) is 0 Å². The molecule has 0 fully saturated rings. The van der Waals surface area contributed by atoms with E-state index < -0.39 is 0 Å². The van der Waals surface area contributed by atoms with Gasteiger partial charge in [0.2, 0.25) is 0 Å². The van der Waals surface area contributed by atoms with Crippen LogP contribution >= 0.6 is 43.5 Å². The van der Waals surface area contributed by atoms with Gasteiger partial charge in [-0.3, -0.25) is 0 Å². The Balaban J connectivity index is 2.30. The molecule has 0 nitrogen and oxygen atoms in total. The number of rotatable bonds is 3. The van der Waals surface area contributed by atoms with Gasteiger partial charge in [-0.2, -0.15) is 0 Å². The van der Waals surface area contributed by atoms with E-state index in [9.17, 15) is 0 Å². The van der Waals surface area contributed by atoms with Crippen LogP contribution in [0.2, 0.25) is 0 Å². The molecular formula is C16H15Br2Cl. The third kappa shape index (κ3) is 3.84. The molecule has 2 aromatic rings. The smallest absolute Gasteiger partial charge is 0.0836 e. The number of benzene rings is 2. The Morgan fingerprint density at radius 2 is 1.26 bits per heavy atom. The van der Waals surface area contributed by atoms with Crippen molar-refractivity contribution in [2.45, 2.75) is 25.1 Å². The van der Waals surface area contributed by atoms with Crippen LogP contribution in [0.15, 0.2) is 51.4 Å². The van der Waals surface area contributed by atoms with E-state index in [2.05, 4.69) is 82.1 Å². The lowest BCUT2D eigenvalue weighted by Gasteiger charge is -2.13. The van der Waals surface area contributed by atoms with E-state index in [4.69, 9.17) is 11.6 Å². The van der Waals surface area contributed by atoms with Gasteiger partial charge in [0, 0.05) is 8.95 Å². The average molecular weight is 403 g/mol. The summed E-state index contributed by atoms with van der Waals surface area (Å²) in [6.07, 6.45) is 0. The first-order chi connectivity index (χ1) is 8.97. The summed E-state index contributed by atoms with van der Waals surface area (Å²) in [5, 5.41) is -0.130. The van der Waals surface area contributed by atoms with Gasteiger partial charge in [0.1, 0.15) is 0 Å². The van der Waals surface area contributed by atoms with Crippen LogP contribution in [-0.2, 0) is 0 Å². The highest BCUT2D eigenvalue weighted by atomic mass is 79.9. The molecule has 0 bridgehead atoms. The number of hydrogen-bond donors (Lipinski definition) is 0. The zero-order valence-corrected chi connectivity index (χ0v) is 14.8. The summed E-state index contributed by atoms with van der Waals surface area (Å²) < 4.78 is 2.06. The molecule has 1 unspecified atom stereocenters. The summed E-state index contributed by atoms with van der Waals surface area (Å²) in [6.45, 7) is 4.39. The maximum Gasteiger partial charge on any atom is 0.0836 e. The van der Waals surface area contributed by atoms with E-state index in [-0.39, 0.29) is 5.38 Å². The molecule has 3 heteroatoms. The van der Waals surface area contributed by atoms with Crippen LogP contribution in [0, 0.1) is 0 Å². The van der Waals surface area contributed by atoms with E-state index >= 15 is 0 Å². The molecule has 0 saturated carbocycles. The van der Waals surface area contributed by atoms with Gasteiger partial charge < -0.3 is 0 Å². The molecule has 2 aromatic carbocycles. The molecule has 100 valence electrons. The standard InChI is InChI=1S/C16H15Br2Cl/c1-10(2)11-3-5-12(6-4-11)16(19)13-7-14(17)9-15(18)8-13/h3-10,16H,1-2H3. The van der Waals surface area contributed by atoms with Crippen molar-refractivity contribution in [3.63, 3.8) is 0 Å². The van der Waals surface area contributed by atoms with Crippen molar-refractivity contribution >= 4 is 43.5 Å². The Bertz CT molecular complexity index is 541. The molecule has 0 aliphatic heterocycles. The van der Waals surface area contributed by atoms with Crippen molar-refractivity contribution in [2.75, 3.05) is 0 Å². The lowest BCUT2D eigenvalue weighted by molar-refractivity contribution is 0.865. The van der Waals surface area contributed by atoms with Gasteiger partial charge in [-0.1, -0.05) is 70.0 Å². The van der Waals surface area contributed by atoms with E-state index in [0.29, 0.717) is 5.92 Å². The summed E-state index contributed by atoms with van der Waals surface area (Å²) in [6, 6.07) is 14.7. The van der Waals surface area contributed by atoms with E-state index in [0.717, 1.165) is 20.1 Å². The summed E-state index contributed by atoms with van der Waals surface area (Å²) in [5.41, 5.74) is 3.54. The molecule has 0 N–H and O–H groups in total. The van der Waals surface area contributed by atoms with Crippen LogP contribution in [0.25, 0.3) is 0 Å². The minimum atomic E-state index is -0.130. The largest absolute Gasteiger partial charge is 0.113 e. The summed E-state index contributed by atoms with van der Waals surface area (Å²) in [7, 11) is 0. The van der Waals surface area contributed by atoms with E-state index in [1.54, 1.807) is 0 Å². The van der Waals surface area contributed by atoms with Gasteiger partial charge in [-0.05, 0) is 40.8 Å². The first-order valence-electron chi connectivity index (χ1n) is 6.17. The molecular weight excluding hydrogens is 387 g/mol. The molecule has 2 rings (SSSR count). The minimum absolute atomic E-state index is 0.130. The van der Waals surface area contributed by atoms with Crippen molar-refractivity contribution < 1.29 is 0 Å².